The topological polar surface area (TPSA) is 12.4 Å². The number of unbranched alkanes of at least 4 members (excludes halogenated alkanes) is 18. The summed E-state index contributed by atoms with van der Waals surface area (Å²) < 4.78 is 3.38. The predicted octanol–water partition coefficient (Wildman–Crippen LogP) is 15.0. The Morgan fingerprint density at radius 1 is 0.440 bits per heavy atom. The number of benzene rings is 1. The average Bonchev–Trinajstić information content (AvgIpc) is 3.76. The molecule has 0 spiro atoms. The van der Waals surface area contributed by atoms with Crippen molar-refractivity contribution in [2.75, 3.05) is 0 Å². The summed E-state index contributed by atoms with van der Waals surface area (Å²) in [5.41, 5.74) is 8.37. The number of fused-ring (bicyclic) bond motifs is 3. The molecule has 0 saturated heterocycles. The van der Waals surface area contributed by atoms with Crippen LogP contribution in [0.2, 0.25) is 29.6 Å². The first-order valence-electron chi connectivity index (χ1n) is 21.0. The van der Waals surface area contributed by atoms with Gasteiger partial charge in [0, 0.05) is 0 Å². The third-order valence-electron chi connectivity index (χ3n) is 10.6. The molecule has 2 heterocycles. The Hall–Kier alpha value is -0.113. The molecule has 0 atom stereocenters. The molecule has 2 aromatic heterocycles. The second-order valence-corrected chi connectivity index (χ2v) is 50.5. The van der Waals surface area contributed by atoms with Gasteiger partial charge in [0.05, 0.1) is 0 Å². The molecule has 1 nitrogen and oxygen atoms in total. The number of rotatable bonds is 25. The Labute approximate surface area is 325 Å². The number of hydrogen-bond acceptors (Lipinski definition) is 3. The molecule has 1 aliphatic rings. The zero-order valence-corrected chi connectivity index (χ0v) is 41.0. The van der Waals surface area contributed by atoms with Crippen molar-refractivity contribution in [2.24, 2.45) is 4.99 Å². The molecule has 0 fully saturated rings. The van der Waals surface area contributed by atoms with Gasteiger partial charge in [-0.2, -0.15) is 0 Å². The van der Waals surface area contributed by atoms with Crippen LogP contribution >= 0.6 is 22.7 Å². The van der Waals surface area contributed by atoms with Crippen molar-refractivity contribution in [3.63, 3.8) is 0 Å². The molecule has 0 radical (unpaired) electrons. The standard InChI is InChI=1S/C39H55NS2.6CH3.2Sn/c1-3-5-7-9-11-13-15-17-19-21-23-32-29-33(24-22-20-18-16-14-12-10-8-6-4-2)31-34(30-32)40-37-35-25-27-41-38(35)39-36(37)26-28-42-39;;;;;;;;/h25-26,29-31H,3-24H2,1-2H3;6*1H3;;. The van der Waals surface area contributed by atoms with E-state index in [1.165, 1.54) is 185 Å². The molecule has 278 valence electrons. The van der Waals surface area contributed by atoms with Gasteiger partial charge in [-0.1, -0.05) is 104 Å². The molecule has 1 aromatic carbocycles. The average molecular weight is 930 g/mol. The Bertz CT molecular complexity index is 1360. The minimum atomic E-state index is -2.20. The summed E-state index contributed by atoms with van der Waals surface area (Å²) in [6, 6.07) is 12.6. The van der Waals surface area contributed by atoms with E-state index in [0.717, 1.165) is 0 Å². The third kappa shape index (κ3) is 13.6. The molecule has 0 saturated carbocycles. The van der Waals surface area contributed by atoms with E-state index >= 15 is 0 Å². The van der Waals surface area contributed by atoms with Crippen LogP contribution in [0.25, 0.3) is 9.75 Å². The fourth-order valence-electron chi connectivity index (χ4n) is 7.33. The van der Waals surface area contributed by atoms with Crippen molar-refractivity contribution >= 4 is 76.6 Å². The maximum absolute atomic E-state index is 5.63. The van der Waals surface area contributed by atoms with Crippen LogP contribution in [0.15, 0.2) is 35.3 Å². The minimum absolute atomic E-state index is 1.19. The van der Waals surface area contributed by atoms with Crippen LogP contribution in [-0.4, -0.2) is 42.5 Å². The molecular formula is C45H73NS2Sn2. The first-order chi connectivity index (χ1) is 24.0. The fraction of sp³-hybridized carbons (Fsp3) is 0.667. The van der Waals surface area contributed by atoms with Gasteiger partial charge in [-0.25, -0.2) is 0 Å². The van der Waals surface area contributed by atoms with Crippen LogP contribution in [0.4, 0.5) is 5.69 Å². The second-order valence-electron chi connectivity index (χ2n) is 17.5. The molecule has 50 heavy (non-hydrogen) atoms. The summed E-state index contributed by atoms with van der Waals surface area (Å²) in [5.74, 6) is 0. The number of hydrogen-bond donors (Lipinski definition) is 0. The van der Waals surface area contributed by atoms with Crippen molar-refractivity contribution in [1.82, 2.24) is 0 Å². The van der Waals surface area contributed by atoms with Crippen molar-refractivity contribution in [3.05, 3.63) is 52.6 Å². The SMILES string of the molecule is CCCCCCCCCCCCc1cc(CCCCCCCCCCCC)cc(N=C2c3c[c]([Sn]([CH3])([CH3])[CH3])sc3-c3s[c]([Sn]([CH3])([CH3])[CH3])cc32)c1. The molecule has 0 amide bonds. The van der Waals surface area contributed by atoms with Crippen LogP contribution < -0.4 is 5.79 Å². The molecule has 0 bridgehead atoms. The summed E-state index contributed by atoms with van der Waals surface area (Å²) in [5, 5.41) is 0. The Morgan fingerprint density at radius 2 is 0.780 bits per heavy atom. The Morgan fingerprint density at radius 3 is 1.12 bits per heavy atom. The molecule has 0 aliphatic heterocycles. The van der Waals surface area contributed by atoms with E-state index < -0.39 is 36.8 Å². The van der Waals surface area contributed by atoms with Gasteiger partial charge in [0.1, 0.15) is 0 Å². The van der Waals surface area contributed by atoms with Crippen molar-refractivity contribution < 1.29 is 0 Å². The second kappa shape index (κ2) is 21.7. The number of aliphatic imine (C=N–C) groups is 1. The van der Waals surface area contributed by atoms with Gasteiger partial charge in [-0.15, -0.1) is 0 Å². The van der Waals surface area contributed by atoms with Gasteiger partial charge in [-0.05, 0) is 0 Å². The Balaban J connectivity index is 1.48. The van der Waals surface area contributed by atoms with Crippen LogP contribution in [0, 0.1) is 0 Å². The number of thiophene rings is 2. The molecule has 0 N–H and O–H groups in total. The van der Waals surface area contributed by atoms with Crippen molar-refractivity contribution in [2.45, 2.75) is 185 Å². The molecule has 1 aliphatic carbocycles. The summed E-state index contributed by atoms with van der Waals surface area (Å²) in [7, 11) is 0. The first-order valence-corrected chi connectivity index (χ1v) is 42.6. The first kappa shape index (κ1) is 42.6. The zero-order valence-electron chi connectivity index (χ0n) is 33.7. The van der Waals surface area contributed by atoms with Crippen LogP contribution in [0.3, 0.4) is 0 Å². The normalized spacial score (nSPS) is 12.9. The molecule has 0 unspecified atom stereocenters. The van der Waals surface area contributed by atoms with E-state index in [-0.39, 0.29) is 0 Å². The zero-order chi connectivity index (χ0) is 36.0. The third-order valence-corrected chi connectivity index (χ3v) is 31.9. The van der Waals surface area contributed by atoms with Gasteiger partial charge in [-0.3, -0.25) is 0 Å². The quantitative estimate of drug-likeness (QED) is 0.0464. The van der Waals surface area contributed by atoms with Crippen molar-refractivity contribution in [1.29, 1.82) is 0 Å². The van der Waals surface area contributed by atoms with Crippen LogP contribution in [0.5, 0.6) is 0 Å². The summed E-state index contributed by atoms with van der Waals surface area (Å²) in [6.07, 6.45) is 30.3. The number of nitrogens with zero attached hydrogens (tertiary/aromatic N) is 1. The van der Waals surface area contributed by atoms with E-state index in [4.69, 9.17) is 4.99 Å². The van der Waals surface area contributed by atoms with Crippen molar-refractivity contribution in [3.8, 4) is 9.75 Å². The molecule has 4 rings (SSSR count). The summed E-state index contributed by atoms with van der Waals surface area (Å²) in [4.78, 5) is 24.1. The molecule has 5 heteroatoms. The van der Waals surface area contributed by atoms with Gasteiger partial charge in [0.15, 0.2) is 0 Å². The Kier molecular flexibility index (Phi) is 18.5. The van der Waals surface area contributed by atoms with Gasteiger partial charge in [0.25, 0.3) is 0 Å². The van der Waals surface area contributed by atoms with E-state index in [2.05, 4.69) is 96.5 Å². The fourth-order valence-corrected chi connectivity index (χ4v) is 20.2. The monoisotopic (exact) mass is 931 g/mol. The van der Waals surface area contributed by atoms with Gasteiger partial charge in [0.2, 0.25) is 0 Å². The van der Waals surface area contributed by atoms with Gasteiger partial charge >= 0.3 is 225 Å². The summed E-state index contributed by atoms with van der Waals surface area (Å²) in [6.45, 7) is 4.62. The molecule has 3 aromatic rings. The van der Waals surface area contributed by atoms with E-state index in [9.17, 15) is 0 Å². The molecular weight excluding hydrogens is 856 g/mol. The van der Waals surface area contributed by atoms with Crippen LogP contribution in [0.1, 0.15) is 165 Å². The van der Waals surface area contributed by atoms with Crippen LogP contribution in [-0.2, 0) is 12.8 Å². The van der Waals surface area contributed by atoms with Gasteiger partial charge < -0.3 is 0 Å². The predicted molar refractivity (Wildman–Crippen MR) is 236 cm³/mol. The van der Waals surface area contributed by atoms with E-state index in [1.807, 2.05) is 0 Å². The maximum atomic E-state index is 5.63. The number of aryl methyl sites for hydroxylation is 2. The summed E-state index contributed by atoms with van der Waals surface area (Å²) >= 11 is -0.190. The van der Waals surface area contributed by atoms with E-state index in [0.29, 0.717) is 0 Å². The van der Waals surface area contributed by atoms with E-state index in [1.54, 1.807) is 5.79 Å².